The molecule has 0 saturated heterocycles. The predicted molar refractivity (Wildman–Crippen MR) is 197 cm³/mol. The maximum atomic E-state index is 2.36. The summed E-state index contributed by atoms with van der Waals surface area (Å²) < 4.78 is 0. The molecule has 0 unspecified atom stereocenters. The summed E-state index contributed by atoms with van der Waals surface area (Å²) >= 11 is 0. The van der Waals surface area contributed by atoms with Crippen molar-refractivity contribution in [2.45, 2.75) is 233 Å². The molecule has 0 aliphatic heterocycles. The van der Waals surface area contributed by atoms with Crippen molar-refractivity contribution in [1.82, 2.24) is 0 Å². The summed E-state index contributed by atoms with van der Waals surface area (Å²) in [4.78, 5) is 0. The van der Waals surface area contributed by atoms with Gasteiger partial charge in [0.2, 0.25) is 0 Å². The Hall–Kier alpha value is 0.430. The van der Waals surface area contributed by atoms with Crippen LogP contribution in [0, 0.1) is 0 Å². The van der Waals surface area contributed by atoms with Gasteiger partial charge in [0.05, 0.1) is 24.6 Å². The van der Waals surface area contributed by atoms with Gasteiger partial charge in [-0.1, -0.05) is 182 Å². The minimum absolute atomic E-state index is 0.747. The molecule has 0 aliphatic rings. The van der Waals surface area contributed by atoms with Crippen LogP contribution >= 0.6 is 7.26 Å². The van der Waals surface area contributed by atoms with E-state index in [0.717, 1.165) is 0 Å². The third kappa shape index (κ3) is 30.2. The molecule has 0 aromatic heterocycles. The lowest BCUT2D eigenvalue weighted by molar-refractivity contribution is 0.538. The molecule has 0 fully saturated rings. The van der Waals surface area contributed by atoms with E-state index in [1.807, 2.05) is 0 Å². The summed E-state index contributed by atoms with van der Waals surface area (Å²) in [6.45, 7) is 9.39. The minimum Gasteiger partial charge on any atom is -0.0654 e. The highest BCUT2D eigenvalue weighted by Gasteiger charge is 2.34. The Kier molecular flexibility index (Phi) is 35.3. The van der Waals surface area contributed by atoms with Crippen LogP contribution in [0.2, 0.25) is 0 Å². The van der Waals surface area contributed by atoms with Gasteiger partial charge in [0.25, 0.3) is 0 Å². The molecule has 1 heteroatoms. The van der Waals surface area contributed by atoms with Gasteiger partial charge >= 0.3 is 0 Å². The highest BCUT2D eigenvalue weighted by Crippen LogP contribution is 2.61. The lowest BCUT2D eigenvalue weighted by atomic mass is 10.0. The molecule has 0 aromatic carbocycles. The first-order valence-corrected chi connectivity index (χ1v) is 22.6. The number of hydrogen-bond acceptors (Lipinski definition) is 0. The van der Waals surface area contributed by atoms with Crippen LogP contribution in [0.4, 0.5) is 0 Å². The molecule has 0 nitrogen and oxygen atoms in total. The smallest absolute Gasteiger partial charge is 0.0594 e. The average Bonchev–Trinajstić information content (AvgIpc) is 2.98. The van der Waals surface area contributed by atoms with Crippen molar-refractivity contribution in [3.63, 3.8) is 0 Å². The molecule has 0 radical (unpaired) electrons. The predicted octanol–water partition coefficient (Wildman–Crippen LogP) is 15.6. The molecule has 0 saturated carbocycles. The molecule has 0 amide bonds. The van der Waals surface area contributed by atoms with E-state index < -0.39 is 7.26 Å². The summed E-state index contributed by atoms with van der Waals surface area (Å²) in [6, 6.07) is 0. The first-order valence-electron chi connectivity index (χ1n) is 20.1. The fourth-order valence-electron chi connectivity index (χ4n) is 7.00. The van der Waals surface area contributed by atoms with Gasteiger partial charge in [-0.15, -0.1) is 0 Å². The van der Waals surface area contributed by atoms with Crippen LogP contribution in [0.3, 0.4) is 0 Å². The van der Waals surface area contributed by atoms with Crippen LogP contribution in [0.25, 0.3) is 0 Å². The molecule has 41 heavy (non-hydrogen) atoms. The van der Waals surface area contributed by atoms with Gasteiger partial charge in [0.1, 0.15) is 0 Å². The Morgan fingerprint density at radius 3 is 0.512 bits per heavy atom. The Labute approximate surface area is 264 Å². The van der Waals surface area contributed by atoms with E-state index in [9.17, 15) is 0 Å². The highest BCUT2D eigenvalue weighted by molar-refractivity contribution is 7.75. The molecule has 0 aliphatic carbocycles. The van der Waals surface area contributed by atoms with Crippen molar-refractivity contribution < 1.29 is 0 Å². The van der Waals surface area contributed by atoms with Gasteiger partial charge < -0.3 is 0 Å². The zero-order valence-electron chi connectivity index (χ0n) is 29.9. The van der Waals surface area contributed by atoms with Crippen molar-refractivity contribution in [3.8, 4) is 0 Å². The Morgan fingerprint density at radius 1 is 0.195 bits per heavy atom. The molecule has 0 bridgehead atoms. The molecule has 0 atom stereocenters. The summed E-state index contributed by atoms with van der Waals surface area (Å²) in [5, 5.41) is 0. The van der Waals surface area contributed by atoms with Crippen molar-refractivity contribution in [2.24, 2.45) is 0 Å². The lowest BCUT2D eigenvalue weighted by Gasteiger charge is -2.28. The lowest BCUT2D eigenvalue weighted by Crippen LogP contribution is -2.13. The fourth-order valence-corrected chi connectivity index (χ4v) is 11.9. The highest BCUT2D eigenvalue weighted by atomic mass is 31.2. The van der Waals surface area contributed by atoms with E-state index in [1.54, 1.807) is 50.3 Å². The topological polar surface area (TPSA) is 0 Å². The molecular formula is C40H84P+. The maximum Gasteiger partial charge on any atom is 0.0594 e. The second-order valence-electron chi connectivity index (χ2n) is 14.1. The van der Waals surface area contributed by atoms with Gasteiger partial charge in [-0.25, -0.2) is 0 Å². The summed E-state index contributed by atoms with van der Waals surface area (Å²) in [5.74, 6) is 0. The second kappa shape index (κ2) is 34.9. The van der Waals surface area contributed by atoms with Gasteiger partial charge in [0.15, 0.2) is 0 Å². The first kappa shape index (κ1) is 41.4. The normalized spacial score (nSPS) is 12.0. The van der Waals surface area contributed by atoms with E-state index in [1.165, 1.54) is 180 Å². The summed E-state index contributed by atoms with van der Waals surface area (Å²) in [6.07, 6.45) is 54.2. The quantitative estimate of drug-likeness (QED) is 0.0499. The first-order chi connectivity index (χ1) is 20.2. The van der Waals surface area contributed by atoms with Gasteiger partial charge in [-0.2, -0.15) is 0 Å². The van der Waals surface area contributed by atoms with E-state index in [-0.39, 0.29) is 0 Å². The van der Waals surface area contributed by atoms with Crippen LogP contribution < -0.4 is 0 Å². The van der Waals surface area contributed by atoms with Crippen LogP contribution in [-0.4, -0.2) is 24.6 Å². The van der Waals surface area contributed by atoms with Gasteiger partial charge in [-0.05, 0) is 51.4 Å². The minimum atomic E-state index is -0.747. The van der Waals surface area contributed by atoms with Gasteiger partial charge in [0, 0.05) is 7.26 Å². The Bertz CT molecular complexity index is 417. The molecule has 248 valence electrons. The Morgan fingerprint density at radius 2 is 0.341 bits per heavy atom. The number of rotatable bonds is 36. The van der Waals surface area contributed by atoms with Crippen LogP contribution in [0.1, 0.15) is 233 Å². The van der Waals surface area contributed by atoms with E-state index in [4.69, 9.17) is 0 Å². The van der Waals surface area contributed by atoms with Crippen LogP contribution in [0.15, 0.2) is 0 Å². The third-order valence-corrected chi connectivity index (χ3v) is 15.0. The van der Waals surface area contributed by atoms with Crippen molar-refractivity contribution in [2.75, 3.05) is 24.6 Å². The van der Waals surface area contributed by atoms with Crippen molar-refractivity contribution in [3.05, 3.63) is 0 Å². The standard InChI is InChI=1S/C40H84P/c1-5-9-13-17-21-22-23-24-25-26-27-28-32-36-40-41(37-33-29-18-14-10-6-2,38-34-30-19-15-11-7-3)39-35-31-20-16-12-8-4/h5-40H2,1-4H3/q+1. The van der Waals surface area contributed by atoms with E-state index in [2.05, 4.69) is 27.7 Å². The van der Waals surface area contributed by atoms with E-state index in [0.29, 0.717) is 0 Å². The Balaban J connectivity index is 4.53. The molecule has 0 rings (SSSR count). The maximum absolute atomic E-state index is 2.36. The molecular weight excluding hydrogens is 511 g/mol. The monoisotopic (exact) mass is 596 g/mol. The molecule has 0 spiro atoms. The van der Waals surface area contributed by atoms with E-state index >= 15 is 0 Å². The molecule has 0 aromatic rings. The molecule has 0 heterocycles. The van der Waals surface area contributed by atoms with Crippen molar-refractivity contribution >= 4 is 7.26 Å². The zero-order valence-corrected chi connectivity index (χ0v) is 30.8. The zero-order chi connectivity index (χ0) is 30.0. The summed E-state index contributed by atoms with van der Waals surface area (Å²) in [5.41, 5.74) is 0. The second-order valence-corrected chi connectivity index (χ2v) is 18.6. The largest absolute Gasteiger partial charge is 0.0654 e. The van der Waals surface area contributed by atoms with Crippen LogP contribution in [-0.2, 0) is 0 Å². The summed E-state index contributed by atoms with van der Waals surface area (Å²) in [7, 11) is -0.747. The fraction of sp³-hybridized carbons (Fsp3) is 1.00. The SMILES string of the molecule is CCCCCCCCCCCCCCCC[P+](CCCCCCCC)(CCCCCCCC)CCCCCCCC. The van der Waals surface area contributed by atoms with Crippen LogP contribution in [0.5, 0.6) is 0 Å². The van der Waals surface area contributed by atoms with Gasteiger partial charge in [-0.3, -0.25) is 0 Å². The molecule has 0 N–H and O–H groups in total. The number of unbranched alkanes of at least 4 members (excludes halogenated alkanes) is 28. The number of hydrogen-bond donors (Lipinski definition) is 0. The average molecular weight is 596 g/mol. The third-order valence-electron chi connectivity index (χ3n) is 9.94. The van der Waals surface area contributed by atoms with Crippen molar-refractivity contribution in [1.29, 1.82) is 0 Å².